The number of hydrogen-bond acceptors (Lipinski definition) is 5. The Bertz CT molecular complexity index is 594. The van der Waals surface area contributed by atoms with Gasteiger partial charge in [-0.1, -0.05) is 30.3 Å². The molecule has 0 spiro atoms. The highest BCUT2D eigenvalue weighted by Crippen LogP contribution is 2.19. The number of rotatable bonds is 5. The molecule has 0 aliphatic heterocycles. The summed E-state index contributed by atoms with van der Waals surface area (Å²) in [5, 5.41) is 8.97. The number of aliphatic hydroxyl groups is 1. The second kappa shape index (κ2) is 6.97. The molecular formula is C16H18N2O3. The number of nitrogens with two attached hydrogens (primary N) is 1. The maximum Gasteiger partial charge on any atom is 0.322 e. The van der Waals surface area contributed by atoms with Crippen molar-refractivity contribution < 1.29 is 14.6 Å². The van der Waals surface area contributed by atoms with Gasteiger partial charge in [-0.25, -0.2) is 0 Å². The van der Waals surface area contributed by atoms with Crippen LogP contribution in [0.3, 0.4) is 0 Å². The van der Waals surface area contributed by atoms with Crippen molar-refractivity contribution in [2.45, 2.75) is 19.1 Å². The average Bonchev–Trinajstić information content (AvgIpc) is 2.55. The number of aliphatic hydroxyl groups excluding tert-OH is 1. The van der Waals surface area contributed by atoms with Crippen LogP contribution < -0.4 is 5.73 Å². The minimum absolute atomic E-state index is 0.0648. The van der Waals surface area contributed by atoms with Gasteiger partial charge in [0.05, 0.1) is 19.4 Å². The van der Waals surface area contributed by atoms with Gasteiger partial charge in [-0.2, -0.15) is 0 Å². The van der Waals surface area contributed by atoms with Gasteiger partial charge in [0.2, 0.25) is 0 Å². The molecule has 0 bridgehead atoms. The van der Waals surface area contributed by atoms with Crippen LogP contribution in [0.5, 0.6) is 0 Å². The maximum atomic E-state index is 11.3. The summed E-state index contributed by atoms with van der Waals surface area (Å²) in [5.41, 5.74) is 9.32. The van der Waals surface area contributed by atoms with Gasteiger partial charge >= 0.3 is 5.97 Å². The highest BCUT2D eigenvalue weighted by Gasteiger charge is 2.14. The number of nitrogens with zero attached hydrogens (tertiary/aromatic N) is 1. The maximum absolute atomic E-state index is 11.3. The minimum Gasteiger partial charge on any atom is -0.468 e. The molecule has 2 aromatic rings. The van der Waals surface area contributed by atoms with Crippen molar-refractivity contribution in [3.8, 4) is 11.1 Å². The molecule has 0 amide bonds. The number of carbonyl (C=O) groups excluding carboxylic acids is 1. The molecule has 3 N–H and O–H groups in total. The lowest BCUT2D eigenvalue weighted by Gasteiger charge is -2.10. The van der Waals surface area contributed by atoms with E-state index >= 15 is 0 Å². The van der Waals surface area contributed by atoms with Crippen LogP contribution in [0, 0.1) is 0 Å². The Balaban J connectivity index is 2.09. The third-order valence-corrected chi connectivity index (χ3v) is 3.23. The highest BCUT2D eigenvalue weighted by atomic mass is 16.5. The highest BCUT2D eigenvalue weighted by molar-refractivity contribution is 5.75. The van der Waals surface area contributed by atoms with E-state index in [4.69, 9.17) is 10.8 Å². The van der Waals surface area contributed by atoms with Crippen LogP contribution in [-0.2, 0) is 22.6 Å². The van der Waals surface area contributed by atoms with Crippen LogP contribution in [0.1, 0.15) is 11.3 Å². The minimum atomic E-state index is -0.647. The quantitative estimate of drug-likeness (QED) is 0.809. The molecule has 110 valence electrons. The number of esters is 1. The number of aromatic nitrogens is 1. The Labute approximate surface area is 123 Å². The lowest BCUT2D eigenvalue weighted by molar-refractivity contribution is -0.142. The summed E-state index contributed by atoms with van der Waals surface area (Å²) in [6.07, 6.45) is 2.16. The predicted molar refractivity (Wildman–Crippen MR) is 79.3 cm³/mol. The van der Waals surface area contributed by atoms with Gasteiger partial charge in [0, 0.05) is 11.8 Å². The molecule has 5 heteroatoms. The number of ether oxygens (including phenoxy) is 1. The Morgan fingerprint density at radius 1 is 1.24 bits per heavy atom. The summed E-state index contributed by atoms with van der Waals surface area (Å²) in [5.74, 6) is -0.414. The molecule has 0 radical (unpaired) electrons. The number of methoxy groups -OCH3 is 1. The SMILES string of the molecule is COC(=O)[C@@H](N)Cc1ccc(-c2ccc(CO)nc2)cc1. The van der Waals surface area contributed by atoms with E-state index in [-0.39, 0.29) is 6.61 Å². The molecule has 2 rings (SSSR count). The van der Waals surface area contributed by atoms with Crippen molar-refractivity contribution in [3.05, 3.63) is 53.9 Å². The van der Waals surface area contributed by atoms with Crippen LogP contribution in [0.4, 0.5) is 0 Å². The molecule has 0 saturated heterocycles. The second-order valence-electron chi connectivity index (χ2n) is 4.73. The van der Waals surface area contributed by atoms with Gasteiger partial charge in [0.1, 0.15) is 6.04 Å². The predicted octanol–water partition coefficient (Wildman–Crippen LogP) is 1.28. The van der Waals surface area contributed by atoms with E-state index in [2.05, 4.69) is 9.72 Å². The van der Waals surface area contributed by atoms with E-state index in [1.807, 2.05) is 30.3 Å². The summed E-state index contributed by atoms with van der Waals surface area (Å²) in [6, 6.07) is 10.8. The molecule has 0 aliphatic carbocycles. The van der Waals surface area contributed by atoms with Crippen LogP contribution in [0.15, 0.2) is 42.6 Å². The third-order valence-electron chi connectivity index (χ3n) is 3.23. The van der Waals surface area contributed by atoms with E-state index in [1.165, 1.54) is 7.11 Å². The molecule has 1 aromatic heterocycles. The third kappa shape index (κ3) is 3.87. The summed E-state index contributed by atoms with van der Waals surface area (Å²) in [7, 11) is 1.33. The Morgan fingerprint density at radius 2 is 1.90 bits per heavy atom. The standard InChI is InChI=1S/C16H18N2O3/c1-21-16(20)15(17)8-11-2-4-12(5-3-11)13-6-7-14(10-19)18-9-13/h2-7,9,15,19H,8,10,17H2,1H3/t15-/m0/s1. The number of benzene rings is 1. The largest absolute Gasteiger partial charge is 0.468 e. The number of pyridine rings is 1. The molecule has 5 nitrogen and oxygen atoms in total. The Morgan fingerprint density at radius 3 is 2.43 bits per heavy atom. The Kier molecular flexibility index (Phi) is 5.03. The zero-order valence-electron chi connectivity index (χ0n) is 11.8. The van der Waals surface area contributed by atoms with Crippen molar-refractivity contribution in [2.24, 2.45) is 5.73 Å². The van der Waals surface area contributed by atoms with Crippen molar-refractivity contribution in [1.82, 2.24) is 4.98 Å². The smallest absolute Gasteiger partial charge is 0.322 e. The van der Waals surface area contributed by atoms with Gasteiger partial charge in [0.15, 0.2) is 0 Å². The molecule has 1 atom stereocenters. The molecule has 21 heavy (non-hydrogen) atoms. The molecule has 0 unspecified atom stereocenters. The van der Waals surface area contributed by atoms with E-state index in [1.54, 1.807) is 12.3 Å². The van der Waals surface area contributed by atoms with E-state index in [0.29, 0.717) is 12.1 Å². The van der Waals surface area contributed by atoms with Gasteiger partial charge < -0.3 is 15.6 Å². The van der Waals surface area contributed by atoms with Crippen molar-refractivity contribution >= 4 is 5.97 Å². The summed E-state index contributed by atoms with van der Waals surface area (Å²) < 4.78 is 4.61. The molecule has 0 saturated carbocycles. The van der Waals surface area contributed by atoms with Crippen LogP contribution in [-0.4, -0.2) is 29.2 Å². The summed E-state index contributed by atoms with van der Waals surface area (Å²) >= 11 is 0. The van der Waals surface area contributed by atoms with Crippen LogP contribution in [0.25, 0.3) is 11.1 Å². The number of carbonyl (C=O) groups is 1. The topological polar surface area (TPSA) is 85.4 Å². The first-order chi connectivity index (χ1) is 10.1. The fraction of sp³-hybridized carbons (Fsp3) is 0.250. The van der Waals surface area contributed by atoms with Crippen molar-refractivity contribution in [3.63, 3.8) is 0 Å². The average molecular weight is 286 g/mol. The van der Waals surface area contributed by atoms with Crippen molar-refractivity contribution in [2.75, 3.05) is 7.11 Å². The first kappa shape index (κ1) is 15.2. The monoisotopic (exact) mass is 286 g/mol. The number of hydrogen-bond donors (Lipinski definition) is 2. The Hall–Kier alpha value is -2.24. The van der Waals surface area contributed by atoms with Crippen LogP contribution >= 0.6 is 0 Å². The van der Waals surface area contributed by atoms with Gasteiger partial charge in [0.25, 0.3) is 0 Å². The van der Waals surface area contributed by atoms with Gasteiger partial charge in [-0.05, 0) is 23.6 Å². The lowest BCUT2D eigenvalue weighted by Crippen LogP contribution is -2.33. The van der Waals surface area contributed by atoms with E-state index in [9.17, 15) is 4.79 Å². The first-order valence-corrected chi connectivity index (χ1v) is 6.62. The lowest BCUT2D eigenvalue weighted by atomic mass is 10.0. The fourth-order valence-corrected chi connectivity index (χ4v) is 2.01. The normalized spacial score (nSPS) is 12.0. The zero-order chi connectivity index (χ0) is 15.2. The molecule has 1 heterocycles. The molecule has 1 aromatic carbocycles. The molecule has 0 aliphatic rings. The zero-order valence-corrected chi connectivity index (χ0v) is 11.8. The van der Waals surface area contributed by atoms with E-state index in [0.717, 1.165) is 16.7 Å². The fourth-order valence-electron chi connectivity index (χ4n) is 2.01. The van der Waals surface area contributed by atoms with Gasteiger partial charge in [-0.15, -0.1) is 0 Å². The second-order valence-corrected chi connectivity index (χ2v) is 4.73. The first-order valence-electron chi connectivity index (χ1n) is 6.62. The van der Waals surface area contributed by atoms with E-state index < -0.39 is 12.0 Å². The van der Waals surface area contributed by atoms with Crippen LogP contribution in [0.2, 0.25) is 0 Å². The molecular weight excluding hydrogens is 268 g/mol. The molecule has 0 fully saturated rings. The van der Waals surface area contributed by atoms with Gasteiger partial charge in [-0.3, -0.25) is 9.78 Å². The summed E-state index contributed by atoms with van der Waals surface area (Å²) in [6.45, 7) is -0.0648. The van der Waals surface area contributed by atoms with Crippen molar-refractivity contribution in [1.29, 1.82) is 0 Å². The summed E-state index contributed by atoms with van der Waals surface area (Å²) in [4.78, 5) is 15.4.